The third-order valence-electron chi connectivity index (χ3n) is 4.35. The van der Waals surface area contributed by atoms with Gasteiger partial charge in [0.05, 0.1) is 12.3 Å². The fourth-order valence-electron chi connectivity index (χ4n) is 2.56. The van der Waals surface area contributed by atoms with E-state index in [1.165, 1.54) is 20.0 Å². The summed E-state index contributed by atoms with van der Waals surface area (Å²) in [6.07, 6.45) is 1.28. The van der Waals surface area contributed by atoms with E-state index in [2.05, 4.69) is 14.8 Å². The summed E-state index contributed by atoms with van der Waals surface area (Å²) >= 11 is 0. The quantitative estimate of drug-likeness (QED) is 0.338. The monoisotopic (exact) mass is 432 g/mol. The molecule has 0 saturated carbocycles. The first kappa shape index (κ1) is 22.7. The average molecular weight is 432 g/mol. The Hall–Kier alpha value is -1.61. The smallest absolute Gasteiger partial charge is 0.469 e. The second-order valence-corrected chi connectivity index (χ2v) is 9.52. The number of nitrogens with zero attached hydrogens (tertiary/aromatic N) is 1. The van der Waals surface area contributed by atoms with Gasteiger partial charge in [0.1, 0.15) is 11.0 Å². The fourth-order valence-corrected chi connectivity index (χ4v) is 3.63. The molecule has 0 spiro atoms. The van der Waals surface area contributed by atoms with Gasteiger partial charge in [0.25, 0.3) is 0 Å². The zero-order valence-corrected chi connectivity index (χ0v) is 17.0. The van der Waals surface area contributed by atoms with Crippen LogP contribution in [0, 0.1) is 6.92 Å². The highest BCUT2D eigenvalue weighted by Crippen LogP contribution is 2.55. The van der Waals surface area contributed by atoms with E-state index < -0.39 is 27.3 Å². The van der Waals surface area contributed by atoms with Gasteiger partial charge in [-0.2, -0.15) is 0 Å². The van der Waals surface area contributed by atoms with Gasteiger partial charge in [0, 0.05) is 23.9 Å². The molecule has 12 heteroatoms. The molecule has 28 heavy (non-hydrogen) atoms. The van der Waals surface area contributed by atoms with E-state index in [0.29, 0.717) is 5.56 Å². The number of nitrogens with one attached hydrogen (secondary N) is 1. The van der Waals surface area contributed by atoms with Gasteiger partial charge >= 0.3 is 15.4 Å². The lowest BCUT2D eigenvalue weighted by Crippen LogP contribution is -2.39. The average Bonchev–Trinajstić information content (AvgIpc) is 2.60. The Bertz CT molecular complexity index is 928. The first-order chi connectivity index (χ1) is 12.8. The molecule has 2 rings (SSSR count). The molecule has 1 heterocycles. The first-order valence-electron chi connectivity index (χ1n) is 8.08. The number of pyridine rings is 1. The van der Waals surface area contributed by atoms with E-state index in [1.807, 2.05) is 0 Å². The molecule has 1 aromatic heterocycles. The minimum atomic E-state index is -4.76. The third-order valence-corrected chi connectivity index (χ3v) is 6.39. The van der Waals surface area contributed by atoms with Crippen molar-refractivity contribution in [1.29, 1.82) is 0 Å². The lowest BCUT2D eigenvalue weighted by atomic mass is 10.1. The Labute approximate surface area is 161 Å². The van der Waals surface area contributed by atoms with E-state index in [1.54, 1.807) is 30.3 Å². The Balaban J connectivity index is 2.39. The number of hydrogen-bond donors (Lipinski definition) is 6. The third kappa shape index (κ3) is 5.26. The maximum absolute atomic E-state index is 12.2. The Morgan fingerprint density at radius 3 is 2.29 bits per heavy atom. The number of phosphoric acid groups is 1. The lowest BCUT2D eigenvalue weighted by Gasteiger charge is -2.32. The van der Waals surface area contributed by atoms with Crippen LogP contribution in [0.3, 0.4) is 0 Å². The van der Waals surface area contributed by atoms with Gasteiger partial charge in [-0.05, 0) is 19.4 Å². The summed E-state index contributed by atoms with van der Waals surface area (Å²) in [7, 11) is -9.45. The second kappa shape index (κ2) is 8.41. The molecule has 0 aliphatic carbocycles. The molecule has 2 aromatic rings. The number of rotatable bonds is 8. The van der Waals surface area contributed by atoms with Crippen LogP contribution in [0.25, 0.3) is 0 Å². The van der Waals surface area contributed by atoms with Crippen molar-refractivity contribution in [3.8, 4) is 5.75 Å². The molecule has 6 N–H and O–H groups in total. The highest BCUT2D eigenvalue weighted by molar-refractivity contribution is 7.53. The number of aryl methyl sites for hydroxylation is 1. The number of hydrogen-bond acceptors (Lipinski definition) is 6. The molecular weight excluding hydrogens is 410 g/mol. The fraction of sp³-hybridized carbons (Fsp3) is 0.312. The second-order valence-electron chi connectivity index (χ2n) is 6.30. The minimum absolute atomic E-state index is 0.163. The summed E-state index contributed by atoms with van der Waals surface area (Å²) in [6.45, 7) is 2.09. The molecule has 0 fully saturated rings. The van der Waals surface area contributed by atoms with Crippen LogP contribution >= 0.6 is 15.4 Å². The molecule has 1 aromatic carbocycles. The molecule has 154 valence electrons. The normalized spacial score (nSPS) is 14.6. The molecule has 0 saturated heterocycles. The first-order valence-corrected chi connectivity index (χ1v) is 11.2. The van der Waals surface area contributed by atoms with Gasteiger partial charge in [-0.25, -0.2) is 4.57 Å². The predicted molar refractivity (Wildman–Crippen MR) is 100 cm³/mol. The van der Waals surface area contributed by atoms with E-state index in [4.69, 9.17) is 9.79 Å². The molecule has 0 aliphatic heterocycles. The largest absolute Gasteiger partial charge is 0.506 e. The predicted octanol–water partition coefficient (Wildman–Crippen LogP) is 1.85. The van der Waals surface area contributed by atoms with Crippen LogP contribution in [0.15, 0.2) is 36.5 Å². The van der Waals surface area contributed by atoms with Gasteiger partial charge in [-0.3, -0.25) is 19.4 Å². The van der Waals surface area contributed by atoms with Crippen molar-refractivity contribution in [3.63, 3.8) is 0 Å². The van der Waals surface area contributed by atoms with Crippen LogP contribution in [-0.2, 0) is 32.1 Å². The van der Waals surface area contributed by atoms with E-state index >= 15 is 0 Å². The van der Waals surface area contributed by atoms with Crippen LogP contribution in [0.2, 0.25) is 0 Å². The maximum Gasteiger partial charge on any atom is 0.469 e. The number of benzene rings is 1. The number of aromatic hydroxyl groups is 1. The Morgan fingerprint density at radius 2 is 1.75 bits per heavy atom. The summed E-state index contributed by atoms with van der Waals surface area (Å²) < 4.78 is 27.6. The van der Waals surface area contributed by atoms with Crippen molar-refractivity contribution in [3.05, 3.63) is 58.9 Å². The van der Waals surface area contributed by atoms with Crippen LogP contribution in [0.4, 0.5) is 0 Å². The summed E-state index contributed by atoms with van der Waals surface area (Å²) in [6, 6.07) is 8.10. The highest BCUT2D eigenvalue weighted by atomic mass is 31.2. The molecule has 0 amide bonds. The van der Waals surface area contributed by atoms with Crippen LogP contribution in [0.5, 0.6) is 5.75 Å². The van der Waals surface area contributed by atoms with Crippen molar-refractivity contribution in [2.24, 2.45) is 0 Å². The molecule has 10 nitrogen and oxygen atoms in total. The van der Waals surface area contributed by atoms with Crippen molar-refractivity contribution >= 4 is 15.4 Å². The molecular formula is C16H22N2O8P2. The minimum Gasteiger partial charge on any atom is -0.506 e. The zero-order chi connectivity index (χ0) is 21.2. The SMILES string of the molecule is Cc1ncc(COP(=O)(O)O)c(CN[C@@](C)(c2ccccc2)P(=O)(O)O)c1O. The van der Waals surface area contributed by atoms with Gasteiger partial charge in [0.2, 0.25) is 0 Å². The van der Waals surface area contributed by atoms with Crippen molar-refractivity contribution in [2.75, 3.05) is 0 Å². The summed E-state index contributed by atoms with van der Waals surface area (Å²) in [5, 5.41) is 11.3. The molecule has 0 bridgehead atoms. The lowest BCUT2D eigenvalue weighted by molar-refractivity contribution is 0.188. The zero-order valence-electron chi connectivity index (χ0n) is 15.2. The Morgan fingerprint density at radius 1 is 1.14 bits per heavy atom. The molecule has 0 aliphatic rings. The van der Waals surface area contributed by atoms with Gasteiger partial charge in [-0.1, -0.05) is 30.3 Å². The number of phosphoric ester groups is 1. The van der Waals surface area contributed by atoms with Crippen LogP contribution in [0.1, 0.15) is 29.3 Å². The van der Waals surface area contributed by atoms with Crippen molar-refractivity contribution in [2.45, 2.75) is 32.3 Å². The van der Waals surface area contributed by atoms with Crippen LogP contribution in [-0.4, -0.2) is 29.7 Å². The molecule has 0 unspecified atom stereocenters. The van der Waals surface area contributed by atoms with E-state index in [9.17, 15) is 24.0 Å². The summed E-state index contributed by atoms with van der Waals surface area (Å²) in [4.78, 5) is 41.6. The molecule has 0 radical (unpaired) electrons. The molecule has 1 atom stereocenters. The van der Waals surface area contributed by atoms with Gasteiger partial charge in [0.15, 0.2) is 0 Å². The van der Waals surface area contributed by atoms with Crippen LogP contribution < -0.4 is 5.32 Å². The van der Waals surface area contributed by atoms with E-state index in [-0.39, 0.29) is 29.1 Å². The van der Waals surface area contributed by atoms with Gasteiger partial charge in [-0.15, -0.1) is 0 Å². The Kier molecular flexibility index (Phi) is 6.81. The standard InChI is InChI=1S/C16H22N2O8P2/c1-11-15(19)14(12(8-17-11)10-26-28(23,24)25)9-18-16(2,27(20,21)22)13-6-4-3-5-7-13/h3-8,18-19H,9-10H2,1-2H3,(H2,20,21,22)(H2,23,24,25)/t16-/m1/s1. The van der Waals surface area contributed by atoms with E-state index in [0.717, 1.165) is 0 Å². The summed E-state index contributed by atoms with van der Waals surface area (Å²) in [5.74, 6) is -0.263. The number of aromatic nitrogens is 1. The highest BCUT2D eigenvalue weighted by Gasteiger charge is 2.43. The summed E-state index contributed by atoms with van der Waals surface area (Å²) in [5.41, 5.74) is 0.910. The van der Waals surface area contributed by atoms with Gasteiger partial charge < -0.3 is 24.7 Å². The van der Waals surface area contributed by atoms with Crippen molar-refractivity contribution in [1.82, 2.24) is 10.3 Å². The maximum atomic E-state index is 12.2. The van der Waals surface area contributed by atoms with Crippen molar-refractivity contribution < 1.29 is 38.3 Å². The topological polar surface area (TPSA) is 169 Å².